The van der Waals surface area contributed by atoms with E-state index < -0.39 is 0 Å². The maximum Gasteiger partial charge on any atom is 0.309 e. The summed E-state index contributed by atoms with van der Waals surface area (Å²) >= 11 is 5.72. The van der Waals surface area contributed by atoms with E-state index in [1.165, 1.54) is 13.3 Å². The Morgan fingerprint density at radius 3 is 2.71 bits per heavy atom. The lowest BCUT2D eigenvalue weighted by atomic mass is 10.1. The molecule has 126 valence electrons. The number of rotatable bonds is 6. The predicted octanol–water partition coefficient (Wildman–Crippen LogP) is 2.05. The summed E-state index contributed by atoms with van der Waals surface area (Å²) in [5.41, 5.74) is 6.88. The fourth-order valence-corrected chi connectivity index (χ4v) is 1.96. The SMILES string of the molecule is COC(=O)Cc1ccc(OCC(=O)Nc2ccc(Cl)cn2)c(N)c1. The van der Waals surface area contributed by atoms with E-state index >= 15 is 0 Å². The van der Waals surface area contributed by atoms with Gasteiger partial charge in [-0.2, -0.15) is 0 Å². The zero-order chi connectivity index (χ0) is 17.5. The summed E-state index contributed by atoms with van der Waals surface area (Å²) in [6.45, 7) is -0.231. The number of nitrogen functional groups attached to an aromatic ring is 1. The number of pyridine rings is 1. The molecule has 24 heavy (non-hydrogen) atoms. The number of nitrogens with zero attached hydrogens (tertiary/aromatic N) is 1. The molecule has 1 heterocycles. The lowest BCUT2D eigenvalue weighted by Gasteiger charge is -2.10. The molecule has 0 bridgehead atoms. The first-order chi connectivity index (χ1) is 11.5. The minimum atomic E-state index is -0.386. The second-order valence-electron chi connectivity index (χ2n) is 4.82. The van der Waals surface area contributed by atoms with Crippen molar-refractivity contribution in [1.29, 1.82) is 0 Å². The lowest BCUT2D eigenvalue weighted by Crippen LogP contribution is -2.21. The van der Waals surface area contributed by atoms with Crippen molar-refractivity contribution in [2.24, 2.45) is 0 Å². The Morgan fingerprint density at radius 2 is 2.08 bits per heavy atom. The number of nitrogens with two attached hydrogens (primary N) is 1. The first-order valence-electron chi connectivity index (χ1n) is 6.97. The largest absolute Gasteiger partial charge is 0.482 e. The molecule has 0 fully saturated rings. The van der Waals surface area contributed by atoms with Crippen LogP contribution in [0.2, 0.25) is 5.02 Å². The maximum atomic E-state index is 11.8. The number of benzene rings is 1. The molecule has 0 aliphatic carbocycles. The van der Waals surface area contributed by atoms with Crippen molar-refractivity contribution in [3.05, 3.63) is 47.1 Å². The molecule has 3 N–H and O–H groups in total. The summed E-state index contributed by atoms with van der Waals surface area (Å²) in [4.78, 5) is 27.0. The number of carbonyl (C=O) groups excluding carboxylic acids is 2. The summed E-state index contributed by atoms with van der Waals surface area (Å²) in [5, 5.41) is 3.04. The number of hydrogen-bond donors (Lipinski definition) is 2. The van der Waals surface area contributed by atoms with Crippen molar-refractivity contribution < 1.29 is 19.1 Å². The Morgan fingerprint density at radius 1 is 1.29 bits per heavy atom. The zero-order valence-electron chi connectivity index (χ0n) is 12.9. The van der Waals surface area contributed by atoms with Gasteiger partial charge in [0.25, 0.3) is 5.91 Å². The molecule has 0 saturated carbocycles. The van der Waals surface area contributed by atoms with Crippen LogP contribution in [-0.2, 0) is 20.7 Å². The fraction of sp³-hybridized carbons (Fsp3) is 0.188. The van der Waals surface area contributed by atoms with Gasteiger partial charge in [-0.3, -0.25) is 9.59 Å². The Balaban J connectivity index is 1.90. The highest BCUT2D eigenvalue weighted by molar-refractivity contribution is 6.30. The van der Waals surface area contributed by atoms with Gasteiger partial charge in [0.05, 0.1) is 24.2 Å². The van der Waals surface area contributed by atoms with E-state index in [4.69, 9.17) is 22.1 Å². The smallest absolute Gasteiger partial charge is 0.309 e. The molecule has 1 amide bonds. The molecule has 0 saturated heterocycles. The van der Waals surface area contributed by atoms with Gasteiger partial charge in [0.15, 0.2) is 6.61 Å². The number of amides is 1. The number of anilines is 2. The number of methoxy groups -OCH3 is 1. The highest BCUT2D eigenvalue weighted by atomic mass is 35.5. The molecule has 8 heteroatoms. The molecular formula is C16H16ClN3O4. The van der Waals surface area contributed by atoms with Gasteiger partial charge in [0, 0.05) is 6.20 Å². The van der Waals surface area contributed by atoms with Crippen molar-refractivity contribution in [1.82, 2.24) is 4.98 Å². The molecule has 0 atom stereocenters. The average Bonchev–Trinajstić information content (AvgIpc) is 2.56. The highest BCUT2D eigenvalue weighted by Gasteiger charge is 2.09. The van der Waals surface area contributed by atoms with Crippen LogP contribution in [0, 0.1) is 0 Å². The van der Waals surface area contributed by atoms with Gasteiger partial charge in [-0.15, -0.1) is 0 Å². The van der Waals surface area contributed by atoms with E-state index in [-0.39, 0.29) is 24.9 Å². The number of aromatic nitrogens is 1. The van der Waals surface area contributed by atoms with Crippen molar-refractivity contribution >= 4 is 35.0 Å². The van der Waals surface area contributed by atoms with Crippen LogP contribution in [0.3, 0.4) is 0 Å². The standard InChI is InChI=1S/C16H16ClN3O4/c1-23-16(22)7-10-2-4-13(12(18)6-10)24-9-15(21)20-14-5-3-11(17)8-19-14/h2-6,8H,7,9,18H2,1H3,(H,19,20,21). The minimum Gasteiger partial charge on any atom is -0.482 e. The molecule has 1 aromatic heterocycles. The van der Waals surface area contributed by atoms with Gasteiger partial charge < -0.3 is 20.5 Å². The first kappa shape index (κ1) is 17.6. The van der Waals surface area contributed by atoms with E-state index in [0.29, 0.717) is 27.8 Å². The van der Waals surface area contributed by atoms with Crippen molar-refractivity contribution in [2.45, 2.75) is 6.42 Å². The second-order valence-corrected chi connectivity index (χ2v) is 5.26. The van der Waals surface area contributed by atoms with E-state index in [1.54, 1.807) is 30.3 Å². The number of hydrogen-bond acceptors (Lipinski definition) is 6. The van der Waals surface area contributed by atoms with Crippen LogP contribution in [0.25, 0.3) is 0 Å². The molecule has 0 aliphatic heterocycles. The second kappa shape index (κ2) is 8.16. The van der Waals surface area contributed by atoms with Crippen LogP contribution in [0.5, 0.6) is 5.75 Å². The van der Waals surface area contributed by atoms with Gasteiger partial charge in [0.2, 0.25) is 0 Å². The third-order valence-corrected chi connectivity index (χ3v) is 3.23. The van der Waals surface area contributed by atoms with Crippen LogP contribution in [0.4, 0.5) is 11.5 Å². The summed E-state index contributed by atoms with van der Waals surface area (Å²) in [5.74, 6) is -0.0296. The summed E-state index contributed by atoms with van der Waals surface area (Å²) in [6.07, 6.45) is 1.54. The molecule has 2 aromatic rings. The Kier molecular flexibility index (Phi) is 5.97. The molecule has 0 aliphatic rings. The van der Waals surface area contributed by atoms with Gasteiger partial charge in [0.1, 0.15) is 11.6 Å². The van der Waals surface area contributed by atoms with Gasteiger partial charge in [-0.25, -0.2) is 4.98 Å². The maximum absolute atomic E-state index is 11.8. The van der Waals surface area contributed by atoms with Crippen molar-refractivity contribution in [3.63, 3.8) is 0 Å². The molecule has 0 radical (unpaired) electrons. The van der Waals surface area contributed by atoms with Crippen molar-refractivity contribution in [3.8, 4) is 5.75 Å². The summed E-state index contributed by atoms with van der Waals surface area (Å²) in [6, 6.07) is 8.08. The molecular weight excluding hydrogens is 334 g/mol. The van der Waals surface area contributed by atoms with E-state index in [9.17, 15) is 9.59 Å². The average molecular weight is 350 g/mol. The first-order valence-corrected chi connectivity index (χ1v) is 7.35. The number of carbonyl (C=O) groups is 2. The number of halogens is 1. The fourth-order valence-electron chi connectivity index (χ4n) is 1.85. The van der Waals surface area contributed by atoms with Gasteiger partial charge in [-0.1, -0.05) is 17.7 Å². The molecule has 1 aromatic carbocycles. The van der Waals surface area contributed by atoms with Crippen LogP contribution >= 0.6 is 11.6 Å². The Bertz CT molecular complexity index is 735. The minimum absolute atomic E-state index is 0.115. The van der Waals surface area contributed by atoms with Crippen LogP contribution in [0.15, 0.2) is 36.5 Å². The van der Waals surface area contributed by atoms with Crippen molar-refractivity contribution in [2.75, 3.05) is 24.8 Å². The third-order valence-electron chi connectivity index (χ3n) is 3.00. The quantitative estimate of drug-likeness (QED) is 0.611. The van der Waals surface area contributed by atoms with Gasteiger partial charge >= 0.3 is 5.97 Å². The highest BCUT2D eigenvalue weighted by Crippen LogP contribution is 2.23. The number of nitrogens with one attached hydrogen (secondary N) is 1. The summed E-state index contributed by atoms with van der Waals surface area (Å²) in [7, 11) is 1.32. The van der Waals surface area contributed by atoms with Crippen LogP contribution < -0.4 is 15.8 Å². The Hall–Kier alpha value is -2.80. The van der Waals surface area contributed by atoms with Gasteiger partial charge in [-0.05, 0) is 29.8 Å². The monoisotopic (exact) mass is 349 g/mol. The predicted molar refractivity (Wildman–Crippen MR) is 89.9 cm³/mol. The summed E-state index contributed by atoms with van der Waals surface area (Å²) < 4.78 is 9.96. The molecule has 0 spiro atoms. The Labute approximate surface area is 143 Å². The lowest BCUT2D eigenvalue weighted by molar-refractivity contribution is -0.139. The van der Waals surface area contributed by atoms with E-state index in [0.717, 1.165) is 0 Å². The molecule has 7 nitrogen and oxygen atoms in total. The third kappa shape index (κ3) is 5.13. The van der Waals surface area contributed by atoms with E-state index in [2.05, 4.69) is 15.0 Å². The number of ether oxygens (including phenoxy) is 2. The normalized spacial score (nSPS) is 10.1. The molecule has 2 rings (SSSR count). The molecule has 0 unspecified atom stereocenters. The zero-order valence-corrected chi connectivity index (χ0v) is 13.7. The van der Waals surface area contributed by atoms with Crippen LogP contribution in [0.1, 0.15) is 5.56 Å². The number of esters is 1. The van der Waals surface area contributed by atoms with Crippen LogP contribution in [-0.4, -0.2) is 30.6 Å². The topological polar surface area (TPSA) is 104 Å². The van der Waals surface area contributed by atoms with E-state index in [1.807, 2.05) is 0 Å².